The molecule has 0 unspecified atom stereocenters. The lowest BCUT2D eigenvalue weighted by Crippen LogP contribution is -2.14. The van der Waals surface area contributed by atoms with E-state index in [0.717, 1.165) is 11.3 Å². The van der Waals surface area contributed by atoms with E-state index >= 15 is 0 Å². The van der Waals surface area contributed by atoms with Crippen LogP contribution >= 0.6 is 0 Å². The Bertz CT molecular complexity index is 1180. The van der Waals surface area contributed by atoms with E-state index in [9.17, 15) is 8.42 Å². The summed E-state index contributed by atoms with van der Waals surface area (Å²) in [5, 5.41) is 3.17. The van der Waals surface area contributed by atoms with Crippen molar-refractivity contribution in [3.63, 3.8) is 0 Å². The van der Waals surface area contributed by atoms with Crippen LogP contribution in [0.4, 0.5) is 17.2 Å². The van der Waals surface area contributed by atoms with Gasteiger partial charge in [-0.3, -0.25) is 4.72 Å². The van der Waals surface area contributed by atoms with Crippen LogP contribution in [-0.2, 0) is 10.0 Å². The summed E-state index contributed by atoms with van der Waals surface area (Å²) in [5.74, 6) is 2.19. The fraction of sp³-hybridized carbons (Fsp3) is 0.273. The fourth-order valence-electron chi connectivity index (χ4n) is 3.13. The second kappa shape index (κ2) is 9.22. The Morgan fingerprint density at radius 2 is 1.61 bits per heavy atom. The summed E-state index contributed by atoms with van der Waals surface area (Å²) in [6.45, 7) is 7.81. The minimum atomic E-state index is -3.77. The topological polar surface area (TPSA) is 102 Å². The second-order valence-corrected chi connectivity index (χ2v) is 8.62. The van der Waals surface area contributed by atoms with Crippen LogP contribution in [-0.4, -0.2) is 32.1 Å². The summed E-state index contributed by atoms with van der Waals surface area (Å²) >= 11 is 0. The minimum Gasteiger partial charge on any atom is -0.496 e. The van der Waals surface area contributed by atoms with Gasteiger partial charge in [0.15, 0.2) is 0 Å². The van der Waals surface area contributed by atoms with E-state index in [0.29, 0.717) is 41.1 Å². The molecule has 1 aromatic heterocycles. The highest BCUT2D eigenvalue weighted by Crippen LogP contribution is 2.28. The molecule has 0 aliphatic rings. The zero-order chi connectivity index (χ0) is 22.6. The molecule has 2 N–H and O–H groups in total. The molecule has 0 saturated carbocycles. The summed E-state index contributed by atoms with van der Waals surface area (Å²) in [5.41, 5.74) is 2.71. The molecule has 31 heavy (non-hydrogen) atoms. The van der Waals surface area contributed by atoms with E-state index in [4.69, 9.17) is 9.47 Å². The van der Waals surface area contributed by atoms with Crippen LogP contribution in [0.3, 0.4) is 0 Å². The summed E-state index contributed by atoms with van der Waals surface area (Å²) in [6.07, 6.45) is 0. The average molecular weight is 443 g/mol. The van der Waals surface area contributed by atoms with Crippen LogP contribution in [0.2, 0.25) is 0 Å². The van der Waals surface area contributed by atoms with Crippen molar-refractivity contribution < 1.29 is 17.9 Å². The first kappa shape index (κ1) is 22.4. The molecule has 0 bridgehead atoms. The van der Waals surface area contributed by atoms with Crippen molar-refractivity contribution >= 4 is 27.2 Å². The van der Waals surface area contributed by atoms with Crippen molar-refractivity contribution in [2.75, 3.05) is 23.8 Å². The van der Waals surface area contributed by atoms with Crippen LogP contribution in [0, 0.1) is 20.8 Å². The molecule has 8 nitrogen and oxygen atoms in total. The molecule has 0 atom stereocenters. The van der Waals surface area contributed by atoms with Gasteiger partial charge in [0.25, 0.3) is 10.0 Å². The number of anilines is 3. The Kier molecular flexibility index (Phi) is 6.65. The quantitative estimate of drug-likeness (QED) is 0.534. The number of benzene rings is 2. The monoisotopic (exact) mass is 442 g/mol. The third-order valence-electron chi connectivity index (χ3n) is 4.50. The first-order valence-corrected chi connectivity index (χ1v) is 11.2. The molecule has 0 saturated heterocycles. The van der Waals surface area contributed by atoms with Gasteiger partial charge in [0, 0.05) is 23.5 Å². The number of methoxy groups -OCH3 is 1. The highest BCUT2D eigenvalue weighted by Gasteiger charge is 2.19. The van der Waals surface area contributed by atoms with Gasteiger partial charge in [0.1, 0.15) is 17.4 Å². The number of aryl methyl sites for hydroxylation is 3. The summed E-state index contributed by atoms with van der Waals surface area (Å²) < 4.78 is 39.1. The number of ether oxygens (including phenoxy) is 2. The third-order valence-corrected chi connectivity index (χ3v) is 6.02. The van der Waals surface area contributed by atoms with E-state index in [1.807, 2.05) is 13.8 Å². The number of sulfonamides is 1. The largest absolute Gasteiger partial charge is 0.496 e. The van der Waals surface area contributed by atoms with Gasteiger partial charge in [0.2, 0.25) is 5.88 Å². The zero-order valence-electron chi connectivity index (χ0n) is 18.2. The molecule has 0 aliphatic heterocycles. The van der Waals surface area contributed by atoms with Crippen molar-refractivity contribution in [3.05, 3.63) is 59.4 Å². The molecule has 1 heterocycles. The van der Waals surface area contributed by atoms with Crippen molar-refractivity contribution in [3.8, 4) is 11.6 Å². The SMILES string of the molecule is CCOc1cc(Nc2ccc(NS(=O)(=O)c3cc(OC)c(C)cc3C)cc2)nc(C)n1. The first-order valence-electron chi connectivity index (χ1n) is 9.75. The van der Waals surface area contributed by atoms with Crippen molar-refractivity contribution in [2.24, 2.45) is 0 Å². The van der Waals surface area contributed by atoms with Gasteiger partial charge in [-0.25, -0.2) is 13.4 Å². The molecular weight excluding hydrogens is 416 g/mol. The Hall–Kier alpha value is -3.33. The molecule has 0 radical (unpaired) electrons. The van der Waals surface area contributed by atoms with E-state index in [1.165, 1.54) is 13.2 Å². The molecule has 0 fully saturated rings. The standard InChI is InChI=1S/C22H26N4O4S/c1-6-30-22-13-21(23-16(4)24-22)25-17-7-9-18(10-8-17)26-31(27,28)20-12-19(29-5)14(2)11-15(20)3/h7-13,26H,6H2,1-5H3,(H,23,24,25). The lowest BCUT2D eigenvalue weighted by atomic mass is 10.1. The van der Waals surface area contributed by atoms with E-state index in [1.54, 1.807) is 50.2 Å². The van der Waals surface area contributed by atoms with Crippen LogP contribution in [0.1, 0.15) is 23.9 Å². The predicted octanol–water partition coefficient (Wildman–Crippen LogP) is 4.35. The normalized spacial score (nSPS) is 11.1. The molecule has 3 aromatic rings. The van der Waals surface area contributed by atoms with E-state index in [-0.39, 0.29) is 4.90 Å². The summed E-state index contributed by atoms with van der Waals surface area (Å²) in [4.78, 5) is 8.73. The molecule has 0 amide bonds. The Balaban J connectivity index is 1.78. The fourth-order valence-corrected chi connectivity index (χ4v) is 4.43. The maximum absolute atomic E-state index is 12.9. The van der Waals surface area contributed by atoms with Gasteiger partial charge < -0.3 is 14.8 Å². The summed E-state index contributed by atoms with van der Waals surface area (Å²) in [7, 11) is -2.25. The maximum atomic E-state index is 12.9. The van der Waals surface area contributed by atoms with Gasteiger partial charge in [0.05, 0.1) is 18.6 Å². The number of hydrogen-bond acceptors (Lipinski definition) is 7. The van der Waals surface area contributed by atoms with Crippen LogP contribution in [0.25, 0.3) is 0 Å². The van der Waals surface area contributed by atoms with Gasteiger partial charge in [-0.15, -0.1) is 0 Å². The predicted molar refractivity (Wildman–Crippen MR) is 121 cm³/mol. The molecule has 3 rings (SSSR count). The van der Waals surface area contributed by atoms with Crippen LogP contribution < -0.4 is 19.5 Å². The van der Waals surface area contributed by atoms with Crippen LogP contribution in [0.15, 0.2) is 47.4 Å². The smallest absolute Gasteiger partial charge is 0.262 e. The Morgan fingerprint density at radius 3 is 2.26 bits per heavy atom. The van der Waals surface area contributed by atoms with Crippen molar-refractivity contribution in [1.82, 2.24) is 9.97 Å². The number of hydrogen-bond donors (Lipinski definition) is 2. The Morgan fingerprint density at radius 1 is 0.935 bits per heavy atom. The lowest BCUT2D eigenvalue weighted by Gasteiger charge is -2.14. The number of nitrogens with zero attached hydrogens (tertiary/aromatic N) is 2. The zero-order valence-corrected chi connectivity index (χ0v) is 19.0. The lowest BCUT2D eigenvalue weighted by molar-refractivity contribution is 0.325. The molecule has 2 aromatic carbocycles. The highest BCUT2D eigenvalue weighted by atomic mass is 32.2. The van der Waals surface area contributed by atoms with Gasteiger partial charge >= 0.3 is 0 Å². The molecule has 164 valence electrons. The molecule has 9 heteroatoms. The number of aromatic nitrogens is 2. The minimum absolute atomic E-state index is 0.178. The van der Waals surface area contributed by atoms with Gasteiger partial charge in [-0.1, -0.05) is 6.07 Å². The van der Waals surface area contributed by atoms with Crippen LogP contribution in [0.5, 0.6) is 11.6 Å². The van der Waals surface area contributed by atoms with E-state index in [2.05, 4.69) is 20.0 Å². The maximum Gasteiger partial charge on any atom is 0.262 e. The Labute approximate surface area is 182 Å². The highest BCUT2D eigenvalue weighted by molar-refractivity contribution is 7.92. The number of nitrogens with one attached hydrogen (secondary N) is 2. The molecule has 0 aliphatic carbocycles. The van der Waals surface area contributed by atoms with E-state index < -0.39 is 10.0 Å². The van der Waals surface area contributed by atoms with Gasteiger partial charge in [-0.05, 0) is 63.1 Å². The third kappa shape index (κ3) is 5.43. The van der Waals surface area contributed by atoms with Crippen molar-refractivity contribution in [2.45, 2.75) is 32.6 Å². The first-order chi connectivity index (χ1) is 14.7. The molecule has 0 spiro atoms. The van der Waals surface area contributed by atoms with Crippen molar-refractivity contribution in [1.29, 1.82) is 0 Å². The molecular formula is C22H26N4O4S. The average Bonchev–Trinajstić information content (AvgIpc) is 2.69. The second-order valence-electron chi connectivity index (χ2n) is 6.97. The summed E-state index contributed by atoms with van der Waals surface area (Å²) in [6, 6.07) is 11.9. The van der Waals surface area contributed by atoms with Gasteiger partial charge in [-0.2, -0.15) is 4.98 Å². The number of rotatable bonds is 8.